The van der Waals surface area contributed by atoms with Gasteiger partial charge < -0.3 is 15.4 Å². The number of hydrogen-bond acceptors (Lipinski definition) is 3. The van der Waals surface area contributed by atoms with Crippen molar-refractivity contribution in [1.29, 1.82) is 0 Å². The van der Waals surface area contributed by atoms with Crippen LogP contribution in [0.1, 0.15) is 32.1 Å². The second-order valence-electron chi connectivity index (χ2n) is 4.90. The van der Waals surface area contributed by atoms with E-state index in [1.54, 1.807) is 0 Å². The molecule has 2 saturated heterocycles. The average molecular weight is 226 g/mol. The fraction of sp³-hybridized carbons (Fsp3) is 0.917. The van der Waals surface area contributed by atoms with Crippen LogP contribution in [0.3, 0.4) is 0 Å². The smallest absolute Gasteiger partial charge is 0.229 e. The van der Waals surface area contributed by atoms with Gasteiger partial charge in [-0.15, -0.1) is 0 Å². The summed E-state index contributed by atoms with van der Waals surface area (Å²) in [7, 11) is 0. The monoisotopic (exact) mass is 226 g/mol. The predicted molar refractivity (Wildman–Crippen MR) is 61.9 cm³/mol. The molecule has 2 rings (SSSR count). The van der Waals surface area contributed by atoms with E-state index < -0.39 is 0 Å². The maximum Gasteiger partial charge on any atom is 0.229 e. The van der Waals surface area contributed by atoms with E-state index in [0.29, 0.717) is 13.2 Å². The van der Waals surface area contributed by atoms with Crippen molar-refractivity contribution in [2.45, 2.75) is 38.1 Å². The molecular weight excluding hydrogens is 204 g/mol. The van der Waals surface area contributed by atoms with Gasteiger partial charge in [-0.3, -0.25) is 4.79 Å². The molecule has 2 aliphatic rings. The maximum absolute atomic E-state index is 12.2. The Bertz CT molecular complexity index is 237. The summed E-state index contributed by atoms with van der Waals surface area (Å²) in [6, 6.07) is -0.0991. The van der Waals surface area contributed by atoms with Crippen molar-refractivity contribution in [3.63, 3.8) is 0 Å². The number of ether oxygens (including phenoxy) is 1. The van der Waals surface area contributed by atoms with Crippen LogP contribution < -0.4 is 5.73 Å². The minimum Gasteiger partial charge on any atom is -0.379 e. The summed E-state index contributed by atoms with van der Waals surface area (Å²) in [5, 5.41) is 0. The Morgan fingerprint density at radius 1 is 1.06 bits per heavy atom. The third-order valence-electron chi connectivity index (χ3n) is 3.61. The van der Waals surface area contributed by atoms with Crippen LogP contribution in [0.25, 0.3) is 0 Å². The van der Waals surface area contributed by atoms with Gasteiger partial charge in [-0.1, -0.05) is 19.3 Å². The highest BCUT2D eigenvalue weighted by Crippen LogP contribution is 2.18. The molecule has 0 bridgehead atoms. The lowest BCUT2D eigenvalue weighted by atomic mass is 10.0. The highest BCUT2D eigenvalue weighted by atomic mass is 16.5. The third kappa shape index (κ3) is 2.74. The molecule has 4 heteroatoms. The molecular formula is C12H22N2O2. The van der Waals surface area contributed by atoms with E-state index >= 15 is 0 Å². The fourth-order valence-corrected chi connectivity index (χ4v) is 2.53. The number of likely N-dealkylation sites (tertiary alicyclic amines) is 1. The first kappa shape index (κ1) is 11.9. The van der Waals surface area contributed by atoms with E-state index in [1.807, 2.05) is 4.90 Å². The van der Waals surface area contributed by atoms with Crippen molar-refractivity contribution in [3.05, 3.63) is 0 Å². The minimum absolute atomic E-state index is 0.0978. The molecule has 0 saturated carbocycles. The molecule has 4 nitrogen and oxygen atoms in total. The first-order valence-electron chi connectivity index (χ1n) is 6.41. The SMILES string of the molecule is NC1COCC1C(=O)N1CCCCCCC1. The number of amides is 1. The molecule has 2 unspecified atom stereocenters. The molecule has 0 aromatic carbocycles. The largest absolute Gasteiger partial charge is 0.379 e. The van der Waals surface area contributed by atoms with E-state index in [2.05, 4.69) is 0 Å². The lowest BCUT2D eigenvalue weighted by molar-refractivity contribution is -0.136. The van der Waals surface area contributed by atoms with Gasteiger partial charge in [0.1, 0.15) is 0 Å². The molecule has 2 atom stereocenters. The Balaban J connectivity index is 1.91. The number of rotatable bonds is 1. The quantitative estimate of drug-likeness (QED) is 0.718. The van der Waals surface area contributed by atoms with E-state index in [-0.39, 0.29) is 17.9 Å². The molecule has 2 N–H and O–H groups in total. The van der Waals surface area contributed by atoms with Gasteiger partial charge in [-0.2, -0.15) is 0 Å². The zero-order valence-electron chi connectivity index (χ0n) is 9.86. The molecule has 0 spiro atoms. The Hall–Kier alpha value is -0.610. The topological polar surface area (TPSA) is 55.6 Å². The predicted octanol–water partition coefficient (Wildman–Crippen LogP) is 0.753. The second kappa shape index (κ2) is 5.64. The molecule has 0 aromatic heterocycles. The number of hydrogen-bond donors (Lipinski definition) is 1. The third-order valence-corrected chi connectivity index (χ3v) is 3.61. The summed E-state index contributed by atoms with van der Waals surface area (Å²) in [6.45, 7) is 2.85. The second-order valence-corrected chi connectivity index (χ2v) is 4.90. The van der Waals surface area contributed by atoms with E-state index in [9.17, 15) is 4.79 Å². The van der Waals surface area contributed by atoms with Gasteiger partial charge in [0, 0.05) is 19.1 Å². The maximum atomic E-state index is 12.2. The Labute approximate surface area is 97.1 Å². The van der Waals surface area contributed by atoms with E-state index in [1.165, 1.54) is 19.3 Å². The molecule has 2 aliphatic heterocycles. The van der Waals surface area contributed by atoms with Crippen molar-refractivity contribution < 1.29 is 9.53 Å². The van der Waals surface area contributed by atoms with Crippen LogP contribution in [0.4, 0.5) is 0 Å². The van der Waals surface area contributed by atoms with Crippen LogP contribution in [0.2, 0.25) is 0 Å². The normalized spacial score (nSPS) is 32.2. The summed E-state index contributed by atoms with van der Waals surface area (Å²) >= 11 is 0. The highest BCUT2D eigenvalue weighted by Gasteiger charge is 2.34. The van der Waals surface area contributed by atoms with Gasteiger partial charge in [-0.25, -0.2) is 0 Å². The van der Waals surface area contributed by atoms with Gasteiger partial charge in [0.05, 0.1) is 19.1 Å². The van der Waals surface area contributed by atoms with Gasteiger partial charge in [0.2, 0.25) is 5.91 Å². The Morgan fingerprint density at radius 2 is 1.69 bits per heavy atom. The number of nitrogens with two attached hydrogens (primary N) is 1. The molecule has 1 amide bonds. The van der Waals surface area contributed by atoms with Crippen LogP contribution >= 0.6 is 0 Å². The van der Waals surface area contributed by atoms with Crippen molar-refractivity contribution in [2.24, 2.45) is 11.7 Å². The van der Waals surface area contributed by atoms with Crippen LogP contribution in [0, 0.1) is 5.92 Å². The van der Waals surface area contributed by atoms with Crippen molar-refractivity contribution in [3.8, 4) is 0 Å². The van der Waals surface area contributed by atoms with Gasteiger partial charge in [0.25, 0.3) is 0 Å². The van der Waals surface area contributed by atoms with Crippen molar-refractivity contribution in [2.75, 3.05) is 26.3 Å². The first-order valence-corrected chi connectivity index (χ1v) is 6.41. The average Bonchev–Trinajstić information content (AvgIpc) is 2.63. The van der Waals surface area contributed by atoms with E-state index in [4.69, 9.17) is 10.5 Å². The molecule has 16 heavy (non-hydrogen) atoms. The van der Waals surface area contributed by atoms with E-state index in [0.717, 1.165) is 25.9 Å². The zero-order valence-corrected chi connectivity index (χ0v) is 9.86. The summed E-state index contributed by atoms with van der Waals surface area (Å²) in [5.41, 5.74) is 5.88. The molecule has 92 valence electrons. The summed E-state index contributed by atoms with van der Waals surface area (Å²) in [6.07, 6.45) is 6.07. The molecule has 0 radical (unpaired) electrons. The summed E-state index contributed by atoms with van der Waals surface area (Å²) in [5.74, 6) is 0.117. The number of nitrogens with zero attached hydrogens (tertiary/aromatic N) is 1. The van der Waals surface area contributed by atoms with Crippen LogP contribution in [0.15, 0.2) is 0 Å². The highest BCUT2D eigenvalue weighted by molar-refractivity contribution is 5.80. The first-order chi connectivity index (χ1) is 7.79. The van der Waals surface area contributed by atoms with Crippen molar-refractivity contribution in [1.82, 2.24) is 4.90 Å². The zero-order chi connectivity index (χ0) is 11.4. The van der Waals surface area contributed by atoms with Crippen LogP contribution in [-0.4, -0.2) is 43.2 Å². The van der Waals surface area contributed by atoms with Gasteiger partial charge >= 0.3 is 0 Å². The van der Waals surface area contributed by atoms with Crippen molar-refractivity contribution >= 4 is 5.91 Å². The molecule has 2 fully saturated rings. The molecule has 0 aliphatic carbocycles. The minimum atomic E-state index is -0.0991. The summed E-state index contributed by atoms with van der Waals surface area (Å²) < 4.78 is 5.26. The fourth-order valence-electron chi connectivity index (χ4n) is 2.53. The lowest BCUT2D eigenvalue weighted by Crippen LogP contribution is -2.44. The number of carbonyl (C=O) groups excluding carboxylic acids is 1. The van der Waals surface area contributed by atoms with Gasteiger partial charge in [0.15, 0.2) is 0 Å². The summed E-state index contributed by atoms with van der Waals surface area (Å²) in [4.78, 5) is 14.2. The molecule has 0 aromatic rings. The standard InChI is InChI=1S/C12H22N2O2/c13-11-9-16-8-10(11)12(15)14-6-4-2-1-3-5-7-14/h10-11H,1-9,13H2. The lowest BCUT2D eigenvalue weighted by Gasteiger charge is -2.28. The van der Waals surface area contributed by atoms with Crippen LogP contribution in [0.5, 0.6) is 0 Å². The number of carbonyl (C=O) groups is 1. The van der Waals surface area contributed by atoms with Gasteiger partial charge in [-0.05, 0) is 12.8 Å². The molecule has 2 heterocycles. The Morgan fingerprint density at radius 3 is 2.25 bits per heavy atom. The van der Waals surface area contributed by atoms with Crippen LogP contribution in [-0.2, 0) is 9.53 Å². The Kier molecular flexibility index (Phi) is 4.18.